The normalized spacial score (nSPS) is 13.1. The van der Waals surface area contributed by atoms with Crippen LogP contribution in [0, 0.1) is 0 Å². The minimum Gasteiger partial charge on any atom is -0.309 e. The molecule has 1 heterocycles. The molecule has 0 spiro atoms. The Balaban J connectivity index is 2.30. The first kappa shape index (κ1) is 12.9. The van der Waals surface area contributed by atoms with E-state index in [2.05, 4.69) is 48.8 Å². The average Bonchev–Trinajstić information content (AvgIpc) is 2.82. The van der Waals surface area contributed by atoms with E-state index in [-0.39, 0.29) is 0 Å². The van der Waals surface area contributed by atoms with Gasteiger partial charge in [-0.3, -0.25) is 0 Å². The largest absolute Gasteiger partial charge is 0.309 e. The molecule has 0 fully saturated rings. The quantitative estimate of drug-likeness (QED) is 0.835. The molecule has 0 radical (unpaired) electrons. The van der Waals surface area contributed by atoms with Crippen LogP contribution >= 0.6 is 23.1 Å². The fraction of sp³-hybridized carbons (Fsp3) is 0.429. The molecule has 17 heavy (non-hydrogen) atoms. The third kappa shape index (κ3) is 3.03. The zero-order chi connectivity index (χ0) is 12.1. The number of thioether (sulfide) groups is 1. The monoisotopic (exact) mass is 265 g/mol. The number of fused-ring (bicyclic) bond motifs is 1. The molecule has 0 aliphatic heterocycles. The number of hydrogen-bond acceptors (Lipinski definition) is 3. The molecule has 1 aromatic heterocycles. The van der Waals surface area contributed by atoms with Gasteiger partial charge in [0.2, 0.25) is 0 Å². The smallest absolute Gasteiger partial charge is 0.0426 e. The van der Waals surface area contributed by atoms with Gasteiger partial charge in [0, 0.05) is 16.5 Å². The molecule has 0 bridgehead atoms. The van der Waals surface area contributed by atoms with Crippen molar-refractivity contribution in [2.75, 3.05) is 18.1 Å². The van der Waals surface area contributed by atoms with Crippen molar-refractivity contribution in [3.05, 3.63) is 35.2 Å². The molecule has 0 amide bonds. The van der Waals surface area contributed by atoms with E-state index in [1.54, 1.807) is 0 Å². The Labute approximate surface area is 112 Å². The Bertz CT molecular complexity index is 464. The summed E-state index contributed by atoms with van der Waals surface area (Å²) in [6.07, 6.45) is 0. The van der Waals surface area contributed by atoms with Crippen LogP contribution < -0.4 is 5.32 Å². The third-order valence-electron chi connectivity index (χ3n) is 2.82. The van der Waals surface area contributed by atoms with Gasteiger partial charge in [-0.05, 0) is 34.7 Å². The summed E-state index contributed by atoms with van der Waals surface area (Å²) in [5, 5.41) is 7.16. The number of thiophene rings is 1. The van der Waals surface area contributed by atoms with Crippen molar-refractivity contribution < 1.29 is 0 Å². The highest BCUT2D eigenvalue weighted by molar-refractivity contribution is 7.99. The first-order valence-electron chi connectivity index (χ1n) is 6.14. The second-order valence-electron chi connectivity index (χ2n) is 3.96. The molecule has 0 saturated carbocycles. The van der Waals surface area contributed by atoms with E-state index in [0.717, 1.165) is 12.3 Å². The van der Waals surface area contributed by atoms with Gasteiger partial charge in [0.15, 0.2) is 0 Å². The van der Waals surface area contributed by atoms with Gasteiger partial charge in [-0.25, -0.2) is 0 Å². The molecular formula is C14H19NS2. The van der Waals surface area contributed by atoms with Crippen molar-refractivity contribution in [2.45, 2.75) is 19.9 Å². The predicted octanol–water partition coefficient (Wildman–Crippen LogP) is 4.31. The van der Waals surface area contributed by atoms with Crippen molar-refractivity contribution >= 4 is 33.2 Å². The van der Waals surface area contributed by atoms with Gasteiger partial charge in [-0.15, -0.1) is 11.3 Å². The summed E-state index contributed by atoms with van der Waals surface area (Å²) in [6, 6.07) is 9.32. The van der Waals surface area contributed by atoms with Crippen LogP contribution in [0.5, 0.6) is 0 Å². The summed E-state index contributed by atoms with van der Waals surface area (Å²) < 4.78 is 1.44. The van der Waals surface area contributed by atoms with Crippen LogP contribution in [0.15, 0.2) is 29.6 Å². The number of rotatable bonds is 6. The lowest BCUT2D eigenvalue weighted by Gasteiger charge is -2.18. The summed E-state index contributed by atoms with van der Waals surface area (Å²) in [6.45, 7) is 5.42. The van der Waals surface area contributed by atoms with Gasteiger partial charge < -0.3 is 5.32 Å². The maximum Gasteiger partial charge on any atom is 0.0426 e. The number of nitrogens with one attached hydrogen (secondary N) is 1. The fourth-order valence-corrected chi connectivity index (χ4v) is 3.77. The van der Waals surface area contributed by atoms with Gasteiger partial charge in [-0.2, -0.15) is 11.8 Å². The minimum atomic E-state index is 0.479. The summed E-state index contributed by atoms with van der Waals surface area (Å²) in [7, 11) is 0. The van der Waals surface area contributed by atoms with Crippen LogP contribution in [0.2, 0.25) is 0 Å². The van der Waals surface area contributed by atoms with Gasteiger partial charge in [0.05, 0.1) is 0 Å². The minimum absolute atomic E-state index is 0.479. The lowest BCUT2D eigenvalue weighted by Crippen LogP contribution is -2.23. The van der Waals surface area contributed by atoms with E-state index in [9.17, 15) is 0 Å². The van der Waals surface area contributed by atoms with Crippen molar-refractivity contribution in [1.29, 1.82) is 0 Å². The molecule has 1 unspecified atom stereocenters. The summed E-state index contributed by atoms with van der Waals surface area (Å²) in [5.41, 5.74) is 1.46. The summed E-state index contributed by atoms with van der Waals surface area (Å²) in [5.74, 6) is 2.34. The molecule has 92 valence electrons. The van der Waals surface area contributed by atoms with E-state index in [1.165, 1.54) is 21.4 Å². The summed E-state index contributed by atoms with van der Waals surface area (Å²) in [4.78, 5) is 0. The van der Waals surface area contributed by atoms with E-state index in [1.807, 2.05) is 23.1 Å². The van der Waals surface area contributed by atoms with Crippen molar-refractivity contribution in [1.82, 2.24) is 5.32 Å². The molecule has 2 rings (SSSR count). The Hall–Kier alpha value is -0.510. The van der Waals surface area contributed by atoms with E-state index in [0.29, 0.717) is 6.04 Å². The highest BCUT2D eigenvalue weighted by Crippen LogP contribution is 2.30. The van der Waals surface area contributed by atoms with Crippen LogP contribution in [-0.2, 0) is 0 Å². The van der Waals surface area contributed by atoms with Crippen LogP contribution in [0.4, 0.5) is 0 Å². The van der Waals surface area contributed by atoms with Crippen molar-refractivity contribution in [3.63, 3.8) is 0 Å². The Morgan fingerprint density at radius 3 is 2.94 bits per heavy atom. The zero-order valence-electron chi connectivity index (χ0n) is 10.4. The maximum absolute atomic E-state index is 3.60. The average molecular weight is 265 g/mol. The van der Waals surface area contributed by atoms with Gasteiger partial charge in [0.1, 0.15) is 0 Å². The lowest BCUT2D eigenvalue weighted by molar-refractivity contribution is 0.610. The Kier molecular flexibility index (Phi) is 4.89. The lowest BCUT2D eigenvalue weighted by atomic mass is 10.1. The molecule has 0 saturated heterocycles. The molecule has 2 aromatic rings. The van der Waals surface area contributed by atoms with E-state index >= 15 is 0 Å². The van der Waals surface area contributed by atoms with Gasteiger partial charge >= 0.3 is 0 Å². The van der Waals surface area contributed by atoms with Crippen molar-refractivity contribution in [2.24, 2.45) is 0 Å². The van der Waals surface area contributed by atoms with Crippen LogP contribution in [-0.4, -0.2) is 18.1 Å². The van der Waals surface area contributed by atoms with E-state index in [4.69, 9.17) is 0 Å². The van der Waals surface area contributed by atoms with Crippen LogP contribution in [0.1, 0.15) is 25.5 Å². The van der Waals surface area contributed by atoms with Crippen LogP contribution in [0.25, 0.3) is 10.1 Å². The SMILES string of the molecule is CCNC(CSCC)c1cccc2ccsc12. The predicted molar refractivity (Wildman–Crippen MR) is 81.2 cm³/mol. The molecule has 1 aromatic carbocycles. The molecule has 0 aliphatic rings. The second-order valence-corrected chi connectivity index (χ2v) is 6.19. The first-order chi connectivity index (χ1) is 8.36. The number of benzene rings is 1. The molecular weight excluding hydrogens is 246 g/mol. The Morgan fingerprint density at radius 2 is 2.18 bits per heavy atom. The molecule has 0 aliphatic carbocycles. The molecule has 1 N–H and O–H groups in total. The second kappa shape index (κ2) is 6.43. The topological polar surface area (TPSA) is 12.0 Å². The van der Waals surface area contributed by atoms with E-state index < -0.39 is 0 Å². The highest BCUT2D eigenvalue weighted by Gasteiger charge is 2.13. The summed E-state index contributed by atoms with van der Waals surface area (Å²) >= 11 is 3.86. The molecule has 1 nitrogen and oxygen atoms in total. The van der Waals surface area contributed by atoms with Gasteiger partial charge in [-0.1, -0.05) is 32.0 Å². The van der Waals surface area contributed by atoms with Crippen LogP contribution in [0.3, 0.4) is 0 Å². The highest BCUT2D eigenvalue weighted by atomic mass is 32.2. The first-order valence-corrected chi connectivity index (χ1v) is 8.17. The fourth-order valence-electron chi connectivity index (χ4n) is 2.03. The van der Waals surface area contributed by atoms with Crippen molar-refractivity contribution in [3.8, 4) is 0 Å². The molecule has 3 heteroatoms. The third-order valence-corrected chi connectivity index (χ3v) is 4.78. The zero-order valence-corrected chi connectivity index (χ0v) is 12.0. The van der Waals surface area contributed by atoms with Gasteiger partial charge in [0.25, 0.3) is 0 Å². The maximum atomic E-state index is 3.60. The molecule has 1 atom stereocenters. The number of hydrogen-bond donors (Lipinski definition) is 1. The Morgan fingerprint density at radius 1 is 1.29 bits per heavy atom. The standard InChI is InChI=1S/C14H19NS2/c1-3-15-13(10-16-4-2)12-7-5-6-11-8-9-17-14(11)12/h5-9,13,15H,3-4,10H2,1-2H3.